The third kappa shape index (κ3) is 6.33. The maximum absolute atomic E-state index is 12.5. The van der Waals surface area contributed by atoms with Crippen LogP contribution in [0.3, 0.4) is 0 Å². The fraction of sp³-hybridized carbons (Fsp3) is 0.632. The lowest BCUT2D eigenvalue weighted by molar-refractivity contribution is -0.135. The number of likely N-dealkylation sites (tertiary alicyclic amines) is 1. The van der Waals surface area contributed by atoms with Gasteiger partial charge in [-0.15, -0.1) is 24.8 Å². The van der Waals surface area contributed by atoms with Crippen LogP contribution in [0, 0.1) is 18.8 Å². The summed E-state index contributed by atoms with van der Waals surface area (Å²) in [5.41, 5.74) is 7.13. The van der Waals surface area contributed by atoms with Gasteiger partial charge in [0, 0.05) is 37.7 Å². The SMILES string of the molecule is Cc1ccc(NC(=O)C2CCN(C(=O)C[C@@H]3CCC[C@H]3N)CC2)nc1.Cl.Cl. The number of nitrogens with two attached hydrogens (primary N) is 1. The van der Waals surface area contributed by atoms with Gasteiger partial charge >= 0.3 is 0 Å². The van der Waals surface area contributed by atoms with Crippen molar-refractivity contribution in [3.63, 3.8) is 0 Å². The standard InChI is InChI=1S/C19H28N4O2.2ClH/c1-13-5-6-17(21-12-13)22-19(25)14-7-9-23(10-8-14)18(24)11-15-3-2-4-16(15)20;;/h5-6,12,14-16H,2-4,7-11,20H2,1H3,(H,21,22,25);2*1H/t15-,16+;;/m0../s1. The lowest BCUT2D eigenvalue weighted by atomic mass is 9.94. The van der Waals surface area contributed by atoms with E-state index < -0.39 is 0 Å². The molecule has 3 N–H and O–H groups in total. The number of halogens is 2. The van der Waals surface area contributed by atoms with E-state index in [0.29, 0.717) is 44.1 Å². The Morgan fingerprint density at radius 2 is 1.89 bits per heavy atom. The van der Waals surface area contributed by atoms with Crippen molar-refractivity contribution in [2.75, 3.05) is 18.4 Å². The lowest BCUT2D eigenvalue weighted by Gasteiger charge is -2.32. The van der Waals surface area contributed by atoms with E-state index in [9.17, 15) is 9.59 Å². The van der Waals surface area contributed by atoms with Crippen LogP contribution in [0.4, 0.5) is 5.82 Å². The Hall–Kier alpha value is -1.37. The molecular weight excluding hydrogens is 387 g/mol. The van der Waals surface area contributed by atoms with Gasteiger partial charge in [0.05, 0.1) is 0 Å². The number of carbonyl (C=O) groups is 2. The number of amides is 2. The van der Waals surface area contributed by atoms with Crippen LogP contribution in [0.25, 0.3) is 0 Å². The van der Waals surface area contributed by atoms with Crippen LogP contribution < -0.4 is 11.1 Å². The van der Waals surface area contributed by atoms with Crippen LogP contribution >= 0.6 is 24.8 Å². The average Bonchev–Trinajstić information content (AvgIpc) is 3.02. The van der Waals surface area contributed by atoms with Crippen LogP contribution in [-0.2, 0) is 9.59 Å². The fourth-order valence-corrected chi connectivity index (χ4v) is 3.83. The van der Waals surface area contributed by atoms with Crippen molar-refractivity contribution >= 4 is 42.4 Å². The maximum Gasteiger partial charge on any atom is 0.228 e. The molecule has 8 heteroatoms. The van der Waals surface area contributed by atoms with Crippen LogP contribution in [0.5, 0.6) is 0 Å². The molecule has 152 valence electrons. The van der Waals surface area contributed by atoms with Crippen molar-refractivity contribution in [2.24, 2.45) is 17.6 Å². The molecule has 2 aliphatic rings. The quantitative estimate of drug-likeness (QED) is 0.789. The number of hydrogen-bond donors (Lipinski definition) is 2. The molecule has 1 saturated heterocycles. The Kier molecular flexibility index (Phi) is 9.50. The van der Waals surface area contributed by atoms with Crippen molar-refractivity contribution in [3.05, 3.63) is 23.9 Å². The number of hydrogen-bond acceptors (Lipinski definition) is 4. The van der Waals surface area contributed by atoms with Gasteiger partial charge in [0.2, 0.25) is 11.8 Å². The summed E-state index contributed by atoms with van der Waals surface area (Å²) in [7, 11) is 0. The molecule has 2 atom stereocenters. The Morgan fingerprint density at radius 1 is 1.19 bits per heavy atom. The van der Waals surface area contributed by atoms with Gasteiger partial charge in [-0.25, -0.2) is 4.98 Å². The smallest absolute Gasteiger partial charge is 0.228 e. The number of anilines is 1. The first-order chi connectivity index (χ1) is 12.0. The van der Waals surface area contributed by atoms with E-state index in [2.05, 4.69) is 10.3 Å². The minimum Gasteiger partial charge on any atom is -0.343 e. The summed E-state index contributed by atoms with van der Waals surface area (Å²) in [4.78, 5) is 31.0. The number of rotatable bonds is 4. The van der Waals surface area contributed by atoms with Crippen molar-refractivity contribution in [3.8, 4) is 0 Å². The second-order valence-corrected chi connectivity index (χ2v) is 7.42. The van der Waals surface area contributed by atoms with Crippen molar-refractivity contribution in [1.82, 2.24) is 9.88 Å². The van der Waals surface area contributed by atoms with Gasteiger partial charge in [-0.3, -0.25) is 9.59 Å². The molecule has 0 unspecified atom stereocenters. The molecule has 6 nitrogen and oxygen atoms in total. The second kappa shape index (κ2) is 10.8. The highest BCUT2D eigenvalue weighted by molar-refractivity contribution is 5.91. The van der Waals surface area contributed by atoms with Gasteiger partial charge in [0.1, 0.15) is 5.82 Å². The van der Waals surface area contributed by atoms with Gasteiger partial charge < -0.3 is 16.0 Å². The lowest BCUT2D eigenvalue weighted by Crippen LogP contribution is -2.42. The van der Waals surface area contributed by atoms with Crippen molar-refractivity contribution in [2.45, 2.75) is 51.5 Å². The molecule has 0 radical (unpaired) electrons. The molecule has 0 aromatic carbocycles. The zero-order valence-electron chi connectivity index (χ0n) is 15.7. The Morgan fingerprint density at radius 3 is 2.44 bits per heavy atom. The highest BCUT2D eigenvalue weighted by Gasteiger charge is 2.31. The summed E-state index contributed by atoms with van der Waals surface area (Å²) in [5.74, 6) is 1.06. The molecule has 1 aromatic rings. The van der Waals surface area contributed by atoms with E-state index in [1.54, 1.807) is 6.20 Å². The predicted octanol–water partition coefficient (Wildman–Crippen LogP) is 2.93. The number of pyridine rings is 1. The molecule has 2 amide bonds. The topological polar surface area (TPSA) is 88.3 Å². The van der Waals surface area contributed by atoms with E-state index in [1.165, 1.54) is 0 Å². The monoisotopic (exact) mass is 416 g/mol. The number of nitrogens with zero attached hydrogens (tertiary/aromatic N) is 2. The van der Waals surface area contributed by atoms with E-state index >= 15 is 0 Å². The molecule has 0 bridgehead atoms. The third-order valence-electron chi connectivity index (χ3n) is 5.54. The van der Waals surface area contributed by atoms with Crippen LogP contribution in [-0.4, -0.2) is 40.8 Å². The average molecular weight is 417 g/mol. The zero-order chi connectivity index (χ0) is 17.8. The van der Waals surface area contributed by atoms with Crippen LogP contribution in [0.15, 0.2) is 18.3 Å². The third-order valence-corrected chi connectivity index (χ3v) is 5.54. The molecule has 0 spiro atoms. The highest BCUT2D eigenvalue weighted by atomic mass is 35.5. The summed E-state index contributed by atoms with van der Waals surface area (Å²) in [6.07, 6.45) is 6.95. The van der Waals surface area contributed by atoms with Gasteiger partial charge in [-0.1, -0.05) is 12.5 Å². The molecule has 1 saturated carbocycles. The summed E-state index contributed by atoms with van der Waals surface area (Å²) < 4.78 is 0. The molecule has 3 rings (SSSR count). The van der Waals surface area contributed by atoms with E-state index in [-0.39, 0.29) is 48.6 Å². The summed E-state index contributed by atoms with van der Waals surface area (Å²) in [5, 5.41) is 2.88. The van der Waals surface area contributed by atoms with Gasteiger partial charge in [0.25, 0.3) is 0 Å². The zero-order valence-corrected chi connectivity index (χ0v) is 17.4. The largest absolute Gasteiger partial charge is 0.343 e. The normalized spacial score (nSPS) is 22.5. The Balaban J connectivity index is 0.00000182. The van der Waals surface area contributed by atoms with Gasteiger partial charge in [0.15, 0.2) is 0 Å². The first kappa shape index (κ1) is 23.7. The molecule has 2 fully saturated rings. The van der Waals surface area contributed by atoms with Crippen LogP contribution in [0.1, 0.15) is 44.1 Å². The van der Waals surface area contributed by atoms with Gasteiger partial charge in [-0.05, 0) is 50.2 Å². The van der Waals surface area contributed by atoms with Crippen molar-refractivity contribution < 1.29 is 9.59 Å². The predicted molar refractivity (Wildman–Crippen MR) is 111 cm³/mol. The molecule has 27 heavy (non-hydrogen) atoms. The van der Waals surface area contributed by atoms with E-state index in [1.807, 2.05) is 24.0 Å². The first-order valence-corrected chi connectivity index (χ1v) is 9.30. The van der Waals surface area contributed by atoms with E-state index in [0.717, 1.165) is 24.8 Å². The summed E-state index contributed by atoms with van der Waals surface area (Å²) >= 11 is 0. The molecule has 1 aliphatic carbocycles. The molecule has 1 aromatic heterocycles. The first-order valence-electron chi connectivity index (χ1n) is 9.30. The maximum atomic E-state index is 12.5. The highest BCUT2D eigenvalue weighted by Crippen LogP contribution is 2.28. The fourth-order valence-electron chi connectivity index (χ4n) is 3.83. The Bertz CT molecular complexity index is 619. The minimum absolute atomic E-state index is 0. The molecule has 1 aliphatic heterocycles. The summed E-state index contributed by atoms with van der Waals surface area (Å²) in [6, 6.07) is 3.92. The van der Waals surface area contributed by atoms with E-state index in [4.69, 9.17) is 5.73 Å². The van der Waals surface area contributed by atoms with Gasteiger partial charge in [-0.2, -0.15) is 0 Å². The second-order valence-electron chi connectivity index (χ2n) is 7.42. The number of piperidine rings is 1. The minimum atomic E-state index is -0.0547. The Labute approximate surface area is 173 Å². The molecule has 2 heterocycles. The van der Waals surface area contributed by atoms with Crippen molar-refractivity contribution in [1.29, 1.82) is 0 Å². The number of aryl methyl sites for hydroxylation is 1. The van der Waals surface area contributed by atoms with Crippen LogP contribution in [0.2, 0.25) is 0 Å². The number of carbonyl (C=O) groups excluding carboxylic acids is 2. The number of aromatic nitrogens is 1. The summed E-state index contributed by atoms with van der Waals surface area (Å²) in [6.45, 7) is 3.27. The molecular formula is C19H30Cl2N4O2. The number of nitrogens with one attached hydrogen (secondary N) is 1.